The van der Waals surface area contributed by atoms with E-state index >= 15 is 0 Å². The fourth-order valence-corrected chi connectivity index (χ4v) is 4.47. The second-order valence-corrected chi connectivity index (χ2v) is 8.09. The van der Waals surface area contributed by atoms with Gasteiger partial charge in [0, 0.05) is 12.2 Å². The van der Waals surface area contributed by atoms with Crippen molar-refractivity contribution < 1.29 is 14.3 Å². The Morgan fingerprint density at radius 3 is 2.60 bits per heavy atom. The van der Waals surface area contributed by atoms with Crippen molar-refractivity contribution in [2.24, 2.45) is 4.99 Å². The molecule has 5 nitrogen and oxygen atoms in total. The highest BCUT2D eigenvalue weighted by atomic mass is 32.2. The number of hydrogen-bond acceptors (Lipinski definition) is 5. The van der Waals surface area contributed by atoms with Crippen molar-refractivity contribution in [3.05, 3.63) is 89.1 Å². The maximum Gasteiger partial charge on any atom is 0.338 e. The summed E-state index contributed by atoms with van der Waals surface area (Å²) >= 11 is 1.54. The van der Waals surface area contributed by atoms with Gasteiger partial charge in [-0.05, 0) is 18.1 Å². The molecule has 1 amide bonds. The van der Waals surface area contributed by atoms with Gasteiger partial charge in [0.1, 0.15) is 6.61 Å². The molecule has 0 radical (unpaired) electrons. The molecule has 4 rings (SSSR count). The van der Waals surface area contributed by atoms with Gasteiger partial charge >= 0.3 is 5.97 Å². The Bertz CT molecular complexity index is 1030. The maximum atomic E-state index is 13.1. The Balaban J connectivity index is 1.65. The molecule has 2 aliphatic heterocycles. The fraction of sp³-hybridized carbons (Fsp3) is 0.208. The van der Waals surface area contributed by atoms with Crippen LogP contribution in [0.4, 0.5) is 0 Å². The summed E-state index contributed by atoms with van der Waals surface area (Å²) in [6.07, 6.45) is 4.24. The molecule has 0 saturated carbocycles. The monoisotopic (exact) mass is 418 g/mol. The minimum atomic E-state index is -0.540. The molecule has 0 aromatic heterocycles. The summed E-state index contributed by atoms with van der Waals surface area (Å²) in [4.78, 5) is 32.0. The lowest BCUT2D eigenvalue weighted by Gasteiger charge is -2.37. The van der Waals surface area contributed by atoms with E-state index in [-0.39, 0.29) is 12.5 Å². The molecule has 0 N–H and O–H groups in total. The minimum absolute atomic E-state index is 0.0314. The SMILES string of the molecule is CC1=C(C(=O)OCc2ccccc2)[C@@H](/C=C/c2ccccc2)N2C(=O)CCSC2=N1. The highest BCUT2D eigenvalue weighted by Crippen LogP contribution is 2.32. The molecule has 30 heavy (non-hydrogen) atoms. The van der Waals surface area contributed by atoms with E-state index in [0.29, 0.717) is 28.6 Å². The summed E-state index contributed by atoms with van der Waals surface area (Å²) in [7, 11) is 0. The smallest absolute Gasteiger partial charge is 0.338 e. The first kappa shape index (κ1) is 20.2. The van der Waals surface area contributed by atoms with Crippen molar-refractivity contribution in [3.8, 4) is 0 Å². The highest BCUT2D eigenvalue weighted by Gasteiger charge is 2.39. The third-order valence-corrected chi connectivity index (χ3v) is 5.91. The number of amides is 1. The topological polar surface area (TPSA) is 59.0 Å². The number of thioether (sulfide) groups is 1. The van der Waals surface area contributed by atoms with Crippen LogP contribution >= 0.6 is 11.8 Å². The molecule has 2 aromatic carbocycles. The van der Waals surface area contributed by atoms with E-state index in [9.17, 15) is 9.59 Å². The number of carbonyl (C=O) groups excluding carboxylic acids is 2. The molecule has 0 aliphatic carbocycles. The third kappa shape index (κ3) is 4.39. The van der Waals surface area contributed by atoms with Crippen molar-refractivity contribution >= 4 is 34.9 Å². The van der Waals surface area contributed by atoms with Gasteiger partial charge in [0.15, 0.2) is 5.17 Å². The zero-order chi connectivity index (χ0) is 20.9. The Morgan fingerprint density at radius 2 is 1.87 bits per heavy atom. The summed E-state index contributed by atoms with van der Waals surface area (Å²) in [5, 5.41) is 0.645. The van der Waals surface area contributed by atoms with Crippen LogP contribution in [0.25, 0.3) is 6.08 Å². The number of benzene rings is 2. The summed E-state index contributed by atoms with van der Waals surface area (Å²) in [5.74, 6) is 0.214. The molecular formula is C24H22N2O3S. The maximum absolute atomic E-state index is 13.1. The zero-order valence-corrected chi connectivity index (χ0v) is 17.5. The summed E-state index contributed by atoms with van der Waals surface area (Å²) in [6, 6.07) is 18.8. The third-order valence-electron chi connectivity index (χ3n) is 4.95. The fourth-order valence-electron chi connectivity index (χ4n) is 3.45. The Morgan fingerprint density at radius 1 is 1.17 bits per heavy atom. The molecular weight excluding hydrogens is 396 g/mol. The van der Waals surface area contributed by atoms with Crippen LogP contribution in [0.3, 0.4) is 0 Å². The van der Waals surface area contributed by atoms with Crippen molar-refractivity contribution in [1.82, 2.24) is 4.90 Å². The van der Waals surface area contributed by atoms with Gasteiger partial charge in [-0.3, -0.25) is 9.69 Å². The summed E-state index contributed by atoms with van der Waals surface area (Å²) < 4.78 is 5.59. The van der Waals surface area contributed by atoms with Crippen LogP contribution in [0.1, 0.15) is 24.5 Å². The first-order valence-corrected chi connectivity index (χ1v) is 10.8. The number of aliphatic imine (C=N–C) groups is 1. The lowest BCUT2D eigenvalue weighted by atomic mass is 10.00. The number of rotatable bonds is 5. The molecule has 1 fully saturated rings. The number of nitrogens with zero attached hydrogens (tertiary/aromatic N) is 2. The number of carbonyl (C=O) groups is 2. The van der Waals surface area contributed by atoms with Crippen LogP contribution in [0.15, 0.2) is 83.0 Å². The van der Waals surface area contributed by atoms with E-state index in [0.717, 1.165) is 11.1 Å². The standard InChI is InChI=1S/C24H22N2O3S/c1-17-22(23(28)29-16-19-10-6-3-7-11-19)20(13-12-18-8-4-2-5-9-18)26-21(27)14-15-30-24(26)25-17/h2-13,20H,14-16H2,1H3/b13-12+/t20-/m1/s1. The average molecular weight is 419 g/mol. The zero-order valence-electron chi connectivity index (χ0n) is 16.7. The van der Waals surface area contributed by atoms with Gasteiger partial charge in [-0.1, -0.05) is 84.6 Å². The Hall–Kier alpha value is -3.12. The van der Waals surface area contributed by atoms with Crippen molar-refractivity contribution in [3.63, 3.8) is 0 Å². The summed E-state index contributed by atoms with van der Waals surface area (Å²) in [5.41, 5.74) is 2.89. The van der Waals surface area contributed by atoms with Crippen LogP contribution in [0.5, 0.6) is 0 Å². The van der Waals surface area contributed by atoms with E-state index in [4.69, 9.17) is 4.74 Å². The molecule has 2 aromatic rings. The number of esters is 1. The van der Waals surface area contributed by atoms with Crippen LogP contribution in [-0.2, 0) is 20.9 Å². The quantitative estimate of drug-likeness (QED) is 0.675. The average Bonchev–Trinajstić information content (AvgIpc) is 2.77. The van der Waals surface area contributed by atoms with Crippen LogP contribution in [0, 0.1) is 0 Å². The van der Waals surface area contributed by atoms with Crippen molar-refractivity contribution in [1.29, 1.82) is 0 Å². The normalized spacial score (nSPS) is 19.0. The number of fused-ring (bicyclic) bond motifs is 1. The molecule has 1 atom stereocenters. The van der Waals surface area contributed by atoms with E-state index in [1.54, 1.807) is 11.8 Å². The van der Waals surface area contributed by atoms with Crippen LogP contribution in [-0.4, -0.2) is 33.7 Å². The largest absolute Gasteiger partial charge is 0.457 e. The van der Waals surface area contributed by atoms with Gasteiger partial charge in [-0.2, -0.15) is 0 Å². The molecule has 1 saturated heterocycles. The first-order chi connectivity index (χ1) is 14.6. The predicted octanol–water partition coefficient (Wildman–Crippen LogP) is 4.42. The molecule has 2 heterocycles. The Labute approximate surface area is 180 Å². The van der Waals surface area contributed by atoms with E-state index in [1.165, 1.54) is 11.8 Å². The lowest BCUT2D eigenvalue weighted by Crippen LogP contribution is -2.49. The molecule has 0 bridgehead atoms. The summed E-state index contributed by atoms with van der Waals surface area (Å²) in [6.45, 7) is 1.97. The van der Waals surface area contributed by atoms with Gasteiger partial charge in [0.05, 0.1) is 17.3 Å². The van der Waals surface area contributed by atoms with Gasteiger partial charge in [0.2, 0.25) is 5.91 Å². The molecule has 152 valence electrons. The van der Waals surface area contributed by atoms with Crippen molar-refractivity contribution in [2.45, 2.75) is 26.0 Å². The first-order valence-electron chi connectivity index (χ1n) is 9.82. The number of amidine groups is 1. The van der Waals surface area contributed by atoms with Gasteiger partial charge < -0.3 is 4.74 Å². The van der Waals surface area contributed by atoms with Gasteiger partial charge in [-0.25, -0.2) is 9.79 Å². The van der Waals surface area contributed by atoms with Gasteiger partial charge in [-0.15, -0.1) is 0 Å². The van der Waals surface area contributed by atoms with Crippen molar-refractivity contribution in [2.75, 3.05) is 5.75 Å². The van der Waals surface area contributed by atoms with Gasteiger partial charge in [0.25, 0.3) is 0 Å². The predicted molar refractivity (Wildman–Crippen MR) is 120 cm³/mol. The highest BCUT2D eigenvalue weighted by molar-refractivity contribution is 8.14. The molecule has 0 spiro atoms. The van der Waals surface area contributed by atoms with E-state index < -0.39 is 12.0 Å². The number of allylic oxidation sites excluding steroid dienone is 1. The second kappa shape index (κ2) is 9.13. The number of hydrogen-bond donors (Lipinski definition) is 0. The molecule has 0 unspecified atom stereocenters. The van der Waals surface area contributed by atoms with E-state index in [2.05, 4.69) is 4.99 Å². The molecule has 6 heteroatoms. The Kier molecular flexibility index (Phi) is 6.14. The lowest BCUT2D eigenvalue weighted by molar-refractivity contribution is -0.141. The van der Waals surface area contributed by atoms with Crippen LogP contribution in [0.2, 0.25) is 0 Å². The minimum Gasteiger partial charge on any atom is -0.457 e. The molecule has 2 aliphatic rings. The second-order valence-electron chi connectivity index (χ2n) is 7.03. The number of ether oxygens (including phenoxy) is 1. The van der Waals surface area contributed by atoms with Crippen LogP contribution < -0.4 is 0 Å². The van der Waals surface area contributed by atoms with E-state index in [1.807, 2.05) is 72.8 Å².